The van der Waals surface area contributed by atoms with Crippen molar-refractivity contribution < 1.29 is 24.4 Å². The van der Waals surface area contributed by atoms with Crippen molar-refractivity contribution in [2.45, 2.75) is 33.3 Å². The van der Waals surface area contributed by atoms with Gasteiger partial charge < -0.3 is 24.4 Å². The molecule has 0 saturated carbocycles. The minimum Gasteiger partial charge on any atom is -0.396 e. The Balaban J connectivity index is 2.40. The van der Waals surface area contributed by atoms with Gasteiger partial charge in [-0.3, -0.25) is 0 Å². The van der Waals surface area contributed by atoms with Crippen molar-refractivity contribution in [2.24, 2.45) is 23.7 Å². The monoisotopic (exact) mass is 290 g/mol. The van der Waals surface area contributed by atoms with Crippen molar-refractivity contribution in [3.8, 4) is 0 Å². The Morgan fingerprint density at radius 1 is 1.10 bits per heavy atom. The van der Waals surface area contributed by atoms with Gasteiger partial charge in [0.05, 0.1) is 39.1 Å². The van der Waals surface area contributed by atoms with Crippen LogP contribution in [0.25, 0.3) is 0 Å². The zero-order chi connectivity index (χ0) is 15.0. The number of hydrogen-bond acceptors (Lipinski definition) is 5. The molecule has 0 bridgehead atoms. The van der Waals surface area contributed by atoms with Gasteiger partial charge in [-0.25, -0.2) is 0 Å². The van der Waals surface area contributed by atoms with Gasteiger partial charge >= 0.3 is 0 Å². The summed E-state index contributed by atoms with van der Waals surface area (Å²) in [4.78, 5) is 0. The molecule has 0 aromatic rings. The number of hydrogen-bond donors (Lipinski definition) is 2. The summed E-state index contributed by atoms with van der Waals surface area (Å²) in [6.07, 6.45) is 1.04. The second kappa shape index (κ2) is 9.68. The average Bonchev–Trinajstić information content (AvgIpc) is 2.46. The molecule has 0 aromatic heterocycles. The van der Waals surface area contributed by atoms with Gasteiger partial charge in [-0.15, -0.1) is 0 Å². The van der Waals surface area contributed by atoms with E-state index in [-0.39, 0.29) is 25.2 Å². The molecule has 0 amide bonds. The average molecular weight is 290 g/mol. The molecule has 5 nitrogen and oxygen atoms in total. The van der Waals surface area contributed by atoms with Crippen LogP contribution < -0.4 is 0 Å². The highest BCUT2D eigenvalue weighted by Gasteiger charge is 2.29. The van der Waals surface area contributed by atoms with E-state index in [4.69, 9.17) is 24.4 Å². The number of aliphatic hydroxyl groups is 2. The van der Waals surface area contributed by atoms with Crippen LogP contribution in [0.1, 0.15) is 27.2 Å². The molecule has 2 unspecified atom stereocenters. The zero-order valence-corrected chi connectivity index (χ0v) is 13.0. The van der Waals surface area contributed by atoms with E-state index in [0.29, 0.717) is 31.2 Å². The van der Waals surface area contributed by atoms with E-state index >= 15 is 0 Å². The minimum atomic E-state index is -0.184. The molecule has 1 aliphatic heterocycles. The molecule has 5 heteroatoms. The van der Waals surface area contributed by atoms with Gasteiger partial charge in [-0.1, -0.05) is 13.8 Å². The van der Waals surface area contributed by atoms with E-state index < -0.39 is 0 Å². The summed E-state index contributed by atoms with van der Waals surface area (Å²) < 4.78 is 16.6. The third kappa shape index (κ3) is 6.06. The summed E-state index contributed by atoms with van der Waals surface area (Å²) in [7, 11) is 0. The van der Waals surface area contributed by atoms with Crippen molar-refractivity contribution in [3.05, 3.63) is 0 Å². The Morgan fingerprint density at radius 3 is 2.20 bits per heavy atom. The predicted molar refractivity (Wildman–Crippen MR) is 76.3 cm³/mol. The smallest absolute Gasteiger partial charge is 0.146 e. The fourth-order valence-electron chi connectivity index (χ4n) is 2.68. The molecule has 1 rings (SSSR count). The van der Waals surface area contributed by atoms with E-state index in [0.717, 1.165) is 19.6 Å². The van der Waals surface area contributed by atoms with Crippen molar-refractivity contribution in [2.75, 3.05) is 39.8 Å². The van der Waals surface area contributed by atoms with Crippen LogP contribution in [0.15, 0.2) is 0 Å². The van der Waals surface area contributed by atoms with Crippen LogP contribution in [-0.2, 0) is 14.2 Å². The van der Waals surface area contributed by atoms with Crippen LogP contribution in [0.3, 0.4) is 0 Å². The summed E-state index contributed by atoms with van der Waals surface area (Å²) in [5, 5.41) is 18.1. The van der Waals surface area contributed by atoms with Crippen molar-refractivity contribution in [1.29, 1.82) is 0 Å². The lowest BCUT2D eigenvalue weighted by Crippen LogP contribution is -2.35. The summed E-state index contributed by atoms with van der Waals surface area (Å²) in [5.41, 5.74) is 0. The summed E-state index contributed by atoms with van der Waals surface area (Å²) in [5.74, 6) is 1.27. The van der Waals surface area contributed by atoms with Crippen LogP contribution in [0, 0.1) is 23.7 Å². The van der Waals surface area contributed by atoms with Gasteiger partial charge in [0.2, 0.25) is 0 Å². The Morgan fingerprint density at radius 2 is 1.70 bits per heavy atom. The van der Waals surface area contributed by atoms with Crippen LogP contribution in [0.4, 0.5) is 0 Å². The van der Waals surface area contributed by atoms with Crippen molar-refractivity contribution >= 4 is 0 Å². The first-order valence-corrected chi connectivity index (χ1v) is 7.57. The van der Waals surface area contributed by atoms with E-state index in [2.05, 4.69) is 13.8 Å². The molecular weight excluding hydrogens is 260 g/mol. The molecule has 0 radical (unpaired) electrons. The fraction of sp³-hybridized carbons (Fsp3) is 1.00. The fourth-order valence-corrected chi connectivity index (χ4v) is 2.68. The SMILES string of the molecule is CC(CC(C(C)C)C1COCOC1)OCC(CO)CO. The quantitative estimate of drug-likeness (QED) is 0.669. The minimum absolute atomic E-state index is 0.0405. The van der Waals surface area contributed by atoms with Crippen LogP contribution in [0.2, 0.25) is 0 Å². The molecule has 0 aliphatic carbocycles. The van der Waals surface area contributed by atoms with Gasteiger partial charge in [0.25, 0.3) is 0 Å². The maximum Gasteiger partial charge on any atom is 0.146 e. The molecule has 2 N–H and O–H groups in total. The normalized spacial score (nSPS) is 20.6. The summed E-state index contributed by atoms with van der Waals surface area (Å²) in [6.45, 7) is 8.72. The second-order valence-corrected chi connectivity index (χ2v) is 6.14. The zero-order valence-electron chi connectivity index (χ0n) is 13.0. The highest BCUT2D eigenvalue weighted by atomic mass is 16.7. The maximum absolute atomic E-state index is 9.04. The number of aliphatic hydroxyl groups excluding tert-OH is 2. The van der Waals surface area contributed by atoms with Crippen LogP contribution in [0.5, 0.6) is 0 Å². The lowest BCUT2D eigenvalue weighted by atomic mass is 9.80. The molecule has 1 saturated heterocycles. The van der Waals surface area contributed by atoms with E-state index in [1.165, 1.54) is 0 Å². The molecule has 0 spiro atoms. The highest BCUT2D eigenvalue weighted by Crippen LogP contribution is 2.29. The number of ether oxygens (including phenoxy) is 3. The van der Waals surface area contributed by atoms with Gasteiger partial charge in [0.15, 0.2) is 0 Å². The third-order valence-corrected chi connectivity index (χ3v) is 4.03. The molecule has 1 heterocycles. The summed E-state index contributed by atoms with van der Waals surface area (Å²) in [6, 6.07) is 0. The van der Waals surface area contributed by atoms with Crippen molar-refractivity contribution in [1.82, 2.24) is 0 Å². The molecule has 20 heavy (non-hydrogen) atoms. The lowest BCUT2D eigenvalue weighted by molar-refractivity contribution is -0.145. The highest BCUT2D eigenvalue weighted by molar-refractivity contribution is 4.76. The largest absolute Gasteiger partial charge is 0.396 e. The Bertz CT molecular complexity index is 236. The van der Waals surface area contributed by atoms with Gasteiger partial charge in [0.1, 0.15) is 6.79 Å². The number of rotatable bonds is 9. The van der Waals surface area contributed by atoms with E-state index in [1.807, 2.05) is 6.92 Å². The molecule has 0 aromatic carbocycles. The predicted octanol–water partition coefficient (Wildman–Crippen LogP) is 1.28. The van der Waals surface area contributed by atoms with Crippen LogP contribution >= 0.6 is 0 Å². The Labute approximate surface area is 122 Å². The summed E-state index contributed by atoms with van der Waals surface area (Å²) >= 11 is 0. The standard InChI is InChI=1S/C15H30O5/c1-11(2)15(14-8-18-10-19-9-14)4-12(3)20-7-13(5-16)6-17/h11-17H,4-10H2,1-3H3. The Hall–Kier alpha value is -0.200. The van der Waals surface area contributed by atoms with E-state index in [1.54, 1.807) is 0 Å². The molecule has 1 aliphatic rings. The van der Waals surface area contributed by atoms with Gasteiger partial charge in [0, 0.05) is 11.8 Å². The lowest BCUT2D eigenvalue weighted by Gasteiger charge is -2.34. The van der Waals surface area contributed by atoms with Crippen molar-refractivity contribution in [3.63, 3.8) is 0 Å². The van der Waals surface area contributed by atoms with E-state index in [9.17, 15) is 0 Å². The molecular formula is C15H30O5. The second-order valence-electron chi connectivity index (χ2n) is 6.14. The first-order chi connectivity index (χ1) is 9.58. The Kier molecular flexibility index (Phi) is 8.64. The van der Waals surface area contributed by atoms with Gasteiger partial charge in [-0.05, 0) is 25.2 Å². The first-order valence-electron chi connectivity index (χ1n) is 7.57. The first kappa shape index (κ1) is 17.9. The molecule has 120 valence electrons. The van der Waals surface area contributed by atoms with Gasteiger partial charge in [-0.2, -0.15) is 0 Å². The third-order valence-electron chi connectivity index (χ3n) is 4.03. The molecule has 1 fully saturated rings. The van der Waals surface area contributed by atoms with Crippen LogP contribution in [-0.4, -0.2) is 56.1 Å². The topological polar surface area (TPSA) is 68.2 Å². The maximum atomic E-state index is 9.04. The molecule has 2 atom stereocenters.